The molecule has 2 aromatic carbocycles. The van der Waals surface area contributed by atoms with Crippen LogP contribution in [0.5, 0.6) is 17.2 Å². The van der Waals surface area contributed by atoms with Gasteiger partial charge in [0, 0.05) is 44.4 Å². The Balaban J connectivity index is 1.41. The number of carbonyl (C=O) groups is 1. The Bertz CT molecular complexity index is 1260. The largest absolute Gasteiger partial charge is 0.497 e. The van der Waals surface area contributed by atoms with Crippen molar-refractivity contribution in [3.63, 3.8) is 0 Å². The van der Waals surface area contributed by atoms with E-state index in [9.17, 15) is 9.59 Å². The fourth-order valence-electron chi connectivity index (χ4n) is 4.44. The molecule has 0 spiro atoms. The van der Waals surface area contributed by atoms with E-state index in [1.54, 1.807) is 48.1 Å². The van der Waals surface area contributed by atoms with Gasteiger partial charge >= 0.3 is 0 Å². The summed E-state index contributed by atoms with van der Waals surface area (Å²) >= 11 is 0. The molecule has 9 heteroatoms. The average molecular weight is 465 g/mol. The maximum absolute atomic E-state index is 13.4. The molecule has 2 aliphatic rings. The first kappa shape index (κ1) is 22.1. The van der Waals surface area contributed by atoms with Gasteiger partial charge in [0.25, 0.3) is 11.5 Å². The van der Waals surface area contributed by atoms with Crippen LogP contribution in [0.1, 0.15) is 23.7 Å². The Kier molecular flexibility index (Phi) is 6.00. The number of amides is 1. The zero-order chi connectivity index (χ0) is 23.7. The van der Waals surface area contributed by atoms with Crippen molar-refractivity contribution in [2.75, 3.05) is 51.4 Å². The highest BCUT2D eigenvalue weighted by Crippen LogP contribution is 2.33. The predicted octanol–water partition coefficient (Wildman–Crippen LogP) is 2.55. The number of aromatic nitrogens is 2. The van der Waals surface area contributed by atoms with Gasteiger partial charge in [0.15, 0.2) is 11.5 Å². The number of carbonyl (C=O) groups excluding carboxylic acids is 1. The van der Waals surface area contributed by atoms with Crippen molar-refractivity contribution >= 4 is 22.8 Å². The van der Waals surface area contributed by atoms with Crippen LogP contribution in [0.4, 0.5) is 5.95 Å². The van der Waals surface area contributed by atoms with Gasteiger partial charge < -0.3 is 24.0 Å². The molecule has 0 bridgehead atoms. The van der Waals surface area contributed by atoms with E-state index in [4.69, 9.17) is 19.2 Å². The zero-order valence-electron chi connectivity index (χ0n) is 19.5. The summed E-state index contributed by atoms with van der Waals surface area (Å²) in [6.45, 7) is 5.82. The second-order valence-electron chi connectivity index (χ2n) is 8.39. The van der Waals surface area contributed by atoms with Gasteiger partial charge in [-0.1, -0.05) is 6.92 Å². The van der Waals surface area contributed by atoms with E-state index in [-0.39, 0.29) is 11.5 Å². The standard InChI is InChI=1S/C25H28N4O5/c1-3-8-29-24(31)19-15-21-22(34-14-13-33-21)16-20(19)26-25(29)28-11-9-27(10-12-28)23(30)17-4-6-18(32-2)7-5-17/h4-7,15-16H,3,8-14H2,1-2H3. The number of anilines is 1. The van der Waals surface area contributed by atoms with E-state index < -0.39 is 0 Å². The highest BCUT2D eigenvalue weighted by molar-refractivity contribution is 5.94. The van der Waals surface area contributed by atoms with Gasteiger partial charge in [-0.15, -0.1) is 0 Å². The van der Waals surface area contributed by atoms with Crippen molar-refractivity contribution < 1.29 is 19.0 Å². The van der Waals surface area contributed by atoms with E-state index in [1.165, 1.54) is 0 Å². The molecule has 3 aromatic rings. The fourth-order valence-corrected chi connectivity index (χ4v) is 4.44. The summed E-state index contributed by atoms with van der Waals surface area (Å²) in [5.41, 5.74) is 1.14. The molecule has 34 heavy (non-hydrogen) atoms. The first-order chi connectivity index (χ1) is 16.6. The highest BCUT2D eigenvalue weighted by atomic mass is 16.6. The monoisotopic (exact) mass is 464 g/mol. The van der Waals surface area contributed by atoms with Crippen LogP contribution >= 0.6 is 0 Å². The minimum atomic E-state index is -0.0874. The molecule has 0 radical (unpaired) electrons. The van der Waals surface area contributed by atoms with Gasteiger partial charge in [-0.25, -0.2) is 4.98 Å². The third-order valence-corrected chi connectivity index (χ3v) is 6.23. The van der Waals surface area contributed by atoms with Gasteiger partial charge in [0.2, 0.25) is 5.95 Å². The SMILES string of the molecule is CCCn1c(N2CCN(C(=O)c3ccc(OC)cc3)CC2)nc2cc3c(cc2c1=O)OCCO3. The molecule has 0 atom stereocenters. The lowest BCUT2D eigenvalue weighted by atomic mass is 10.1. The lowest BCUT2D eigenvalue weighted by molar-refractivity contribution is 0.0746. The normalized spacial score (nSPS) is 15.5. The summed E-state index contributed by atoms with van der Waals surface area (Å²) in [5.74, 6) is 2.53. The minimum Gasteiger partial charge on any atom is -0.497 e. The van der Waals surface area contributed by atoms with Crippen molar-refractivity contribution in [2.45, 2.75) is 19.9 Å². The molecule has 178 valence electrons. The molecular weight excluding hydrogens is 436 g/mol. The molecule has 1 aromatic heterocycles. The molecule has 1 amide bonds. The number of nitrogens with zero attached hydrogens (tertiary/aromatic N) is 4. The first-order valence-electron chi connectivity index (χ1n) is 11.6. The van der Waals surface area contributed by atoms with Gasteiger partial charge in [0.1, 0.15) is 19.0 Å². The summed E-state index contributed by atoms with van der Waals surface area (Å²) in [5, 5.41) is 0.523. The third kappa shape index (κ3) is 4.02. The fraction of sp³-hybridized carbons (Fsp3) is 0.400. The van der Waals surface area contributed by atoms with Crippen LogP contribution in [0.2, 0.25) is 0 Å². The van der Waals surface area contributed by atoms with E-state index >= 15 is 0 Å². The topological polar surface area (TPSA) is 86.1 Å². The lowest BCUT2D eigenvalue weighted by Crippen LogP contribution is -2.50. The number of hydrogen-bond acceptors (Lipinski definition) is 7. The maximum atomic E-state index is 13.4. The number of methoxy groups -OCH3 is 1. The van der Waals surface area contributed by atoms with Crippen LogP contribution in [0.3, 0.4) is 0 Å². The number of ether oxygens (including phenoxy) is 3. The summed E-state index contributed by atoms with van der Waals surface area (Å²) in [6, 6.07) is 10.7. The third-order valence-electron chi connectivity index (χ3n) is 6.23. The Hall–Kier alpha value is -3.75. The molecule has 5 rings (SSSR count). The Labute approximate surface area is 197 Å². The van der Waals surface area contributed by atoms with Gasteiger partial charge in [-0.2, -0.15) is 0 Å². The van der Waals surface area contributed by atoms with Crippen LogP contribution in [0, 0.1) is 0 Å². The van der Waals surface area contributed by atoms with Crippen LogP contribution in [0.25, 0.3) is 10.9 Å². The summed E-state index contributed by atoms with van der Waals surface area (Å²) in [4.78, 5) is 35.1. The van der Waals surface area contributed by atoms with Crippen LogP contribution < -0.4 is 24.7 Å². The molecule has 0 saturated carbocycles. The number of hydrogen-bond donors (Lipinski definition) is 0. The quantitative estimate of drug-likeness (QED) is 0.574. The molecule has 1 fully saturated rings. The van der Waals surface area contributed by atoms with Crippen LogP contribution in [-0.4, -0.2) is 66.9 Å². The van der Waals surface area contributed by atoms with E-state index in [1.807, 2.05) is 11.8 Å². The molecule has 1 saturated heterocycles. The Morgan fingerprint density at radius 2 is 1.71 bits per heavy atom. The van der Waals surface area contributed by atoms with E-state index in [2.05, 4.69) is 4.90 Å². The summed E-state index contributed by atoms with van der Waals surface area (Å²) < 4.78 is 18.3. The lowest BCUT2D eigenvalue weighted by Gasteiger charge is -2.36. The van der Waals surface area contributed by atoms with Crippen molar-refractivity contribution in [1.29, 1.82) is 0 Å². The maximum Gasteiger partial charge on any atom is 0.262 e. The number of piperazine rings is 1. The molecule has 0 unspecified atom stereocenters. The van der Waals surface area contributed by atoms with Crippen molar-refractivity contribution in [3.05, 3.63) is 52.3 Å². The number of fused-ring (bicyclic) bond motifs is 2. The van der Waals surface area contributed by atoms with Crippen molar-refractivity contribution in [1.82, 2.24) is 14.5 Å². The summed E-state index contributed by atoms with van der Waals surface area (Å²) in [7, 11) is 1.60. The molecule has 0 aliphatic carbocycles. The van der Waals surface area contributed by atoms with Crippen LogP contribution in [-0.2, 0) is 6.54 Å². The van der Waals surface area contributed by atoms with E-state index in [0.29, 0.717) is 79.9 Å². The number of rotatable bonds is 5. The smallest absolute Gasteiger partial charge is 0.262 e. The predicted molar refractivity (Wildman–Crippen MR) is 128 cm³/mol. The summed E-state index contributed by atoms with van der Waals surface area (Å²) in [6.07, 6.45) is 0.806. The molecular formula is C25H28N4O5. The van der Waals surface area contributed by atoms with E-state index in [0.717, 1.165) is 12.2 Å². The Morgan fingerprint density at radius 1 is 1.03 bits per heavy atom. The zero-order valence-corrected chi connectivity index (χ0v) is 19.5. The van der Waals surface area contributed by atoms with Crippen molar-refractivity contribution in [2.24, 2.45) is 0 Å². The average Bonchev–Trinajstić information content (AvgIpc) is 2.89. The van der Waals surface area contributed by atoms with Gasteiger partial charge in [0.05, 0.1) is 18.0 Å². The molecule has 0 N–H and O–H groups in total. The Morgan fingerprint density at radius 3 is 2.35 bits per heavy atom. The van der Waals surface area contributed by atoms with Crippen LogP contribution in [0.15, 0.2) is 41.2 Å². The van der Waals surface area contributed by atoms with Gasteiger partial charge in [-0.3, -0.25) is 14.2 Å². The van der Waals surface area contributed by atoms with Gasteiger partial charge in [-0.05, 0) is 36.8 Å². The van der Waals surface area contributed by atoms with Crippen molar-refractivity contribution in [3.8, 4) is 17.2 Å². The first-order valence-corrected chi connectivity index (χ1v) is 11.6. The number of benzene rings is 2. The molecule has 9 nitrogen and oxygen atoms in total. The molecule has 2 aliphatic heterocycles. The second-order valence-corrected chi connectivity index (χ2v) is 8.39. The highest BCUT2D eigenvalue weighted by Gasteiger charge is 2.26. The second kappa shape index (κ2) is 9.24. The minimum absolute atomic E-state index is 0.0106. The molecule has 3 heterocycles.